The zero-order valence-corrected chi connectivity index (χ0v) is 12.7. The van der Waals surface area contributed by atoms with Crippen molar-refractivity contribution in [2.75, 3.05) is 6.61 Å². The van der Waals surface area contributed by atoms with Crippen molar-refractivity contribution in [3.05, 3.63) is 45.4 Å². The van der Waals surface area contributed by atoms with E-state index in [0.29, 0.717) is 6.61 Å². The molecule has 0 N–H and O–H groups in total. The molecule has 0 unspecified atom stereocenters. The van der Waals surface area contributed by atoms with Gasteiger partial charge in [0.1, 0.15) is 0 Å². The predicted molar refractivity (Wildman–Crippen MR) is 79.0 cm³/mol. The van der Waals surface area contributed by atoms with E-state index in [1.54, 1.807) is 0 Å². The van der Waals surface area contributed by atoms with E-state index in [0.717, 1.165) is 34.9 Å². The molecule has 1 aliphatic carbocycles. The van der Waals surface area contributed by atoms with Crippen LogP contribution in [0.1, 0.15) is 37.5 Å². The summed E-state index contributed by atoms with van der Waals surface area (Å²) in [7, 11) is 0. The van der Waals surface area contributed by atoms with Crippen molar-refractivity contribution in [1.29, 1.82) is 0 Å². The van der Waals surface area contributed by atoms with Crippen molar-refractivity contribution in [2.24, 2.45) is 0 Å². The molecule has 1 aromatic rings. The average Bonchev–Trinajstić information content (AvgIpc) is 2.91. The van der Waals surface area contributed by atoms with Crippen LogP contribution >= 0.6 is 15.9 Å². The third-order valence-electron chi connectivity index (χ3n) is 4.56. The fourth-order valence-electron chi connectivity index (χ4n) is 3.30. The van der Waals surface area contributed by atoms with Gasteiger partial charge in [0.15, 0.2) is 6.23 Å². The highest BCUT2D eigenvalue weighted by Gasteiger charge is 2.46. The number of benzene rings is 1. The van der Waals surface area contributed by atoms with Gasteiger partial charge in [-0.05, 0) is 31.4 Å². The van der Waals surface area contributed by atoms with E-state index < -0.39 is 0 Å². The Morgan fingerprint density at radius 2 is 1.95 bits per heavy atom. The van der Waals surface area contributed by atoms with Gasteiger partial charge in [0.25, 0.3) is 5.91 Å². The van der Waals surface area contributed by atoms with Crippen molar-refractivity contribution in [3.63, 3.8) is 0 Å². The number of halogens is 1. The molecule has 0 aromatic heterocycles. The lowest BCUT2D eigenvalue weighted by atomic mass is 9.87. The van der Waals surface area contributed by atoms with Gasteiger partial charge in [-0.2, -0.15) is 0 Å². The van der Waals surface area contributed by atoms with E-state index in [2.05, 4.69) is 15.9 Å². The van der Waals surface area contributed by atoms with E-state index in [1.807, 2.05) is 29.2 Å². The Balaban J connectivity index is 1.65. The highest BCUT2D eigenvalue weighted by atomic mass is 79.9. The number of carbonyl (C=O) groups is 1. The zero-order valence-electron chi connectivity index (χ0n) is 11.1. The summed E-state index contributed by atoms with van der Waals surface area (Å²) < 4.78 is 6.91. The van der Waals surface area contributed by atoms with Gasteiger partial charge in [-0.25, -0.2) is 0 Å². The summed E-state index contributed by atoms with van der Waals surface area (Å²) >= 11 is 3.44. The van der Waals surface area contributed by atoms with Gasteiger partial charge in [-0.15, -0.1) is 0 Å². The molecule has 1 saturated carbocycles. The second-order valence-electron chi connectivity index (χ2n) is 5.74. The number of nitrogens with zero attached hydrogens (tertiary/aromatic N) is 1. The third-order valence-corrected chi connectivity index (χ3v) is 5.09. The minimum Gasteiger partial charge on any atom is -0.352 e. The van der Waals surface area contributed by atoms with E-state index in [9.17, 15) is 4.79 Å². The van der Waals surface area contributed by atoms with Crippen LogP contribution < -0.4 is 0 Å². The van der Waals surface area contributed by atoms with E-state index in [4.69, 9.17) is 4.74 Å². The Morgan fingerprint density at radius 1 is 1.20 bits per heavy atom. The van der Waals surface area contributed by atoms with Crippen LogP contribution in [-0.2, 0) is 9.53 Å². The Morgan fingerprint density at radius 3 is 2.60 bits per heavy atom. The molecule has 1 aromatic carbocycles. The predicted octanol–water partition coefficient (Wildman–Crippen LogP) is 3.56. The highest BCUT2D eigenvalue weighted by molar-refractivity contribution is 9.10. The lowest BCUT2D eigenvalue weighted by Gasteiger charge is -2.23. The van der Waals surface area contributed by atoms with E-state index in [1.165, 1.54) is 12.0 Å². The number of hydrogen-bond acceptors (Lipinski definition) is 2. The van der Waals surface area contributed by atoms with Crippen LogP contribution in [0.15, 0.2) is 39.9 Å². The Labute approximate surface area is 126 Å². The zero-order chi connectivity index (χ0) is 13.7. The molecular formula is C16H16BrNO2. The van der Waals surface area contributed by atoms with Gasteiger partial charge < -0.3 is 9.64 Å². The van der Waals surface area contributed by atoms with Gasteiger partial charge in [0, 0.05) is 22.0 Å². The number of allylic oxidation sites excluding steroid dienone is 1. The molecule has 1 amide bonds. The fraction of sp³-hybridized carbons (Fsp3) is 0.438. The summed E-state index contributed by atoms with van der Waals surface area (Å²) in [6.45, 7) is 0.656. The number of carbonyl (C=O) groups excluding carboxylic acids is 1. The molecule has 2 heterocycles. The molecule has 4 rings (SSSR count). The van der Waals surface area contributed by atoms with Crippen LogP contribution in [-0.4, -0.2) is 23.5 Å². The first-order chi connectivity index (χ1) is 9.74. The van der Waals surface area contributed by atoms with E-state index >= 15 is 0 Å². The van der Waals surface area contributed by atoms with Crippen molar-refractivity contribution >= 4 is 21.8 Å². The summed E-state index contributed by atoms with van der Waals surface area (Å²) in [4.78, 5) is 14.6. The molecule has 4 heteroatoms. The van der Waals surface area contributed by atoms with Crippen LogP contribution in [0.2, 0.25) is 0 Å². The summed E-state index contributed by atoms with van der Waals surface area (Å²) in [5.74, 6) is 0.204. The molecule has 2 atom stereocenters. The Kier molecular flexibility index (Phi) is 2.97. The lowest BCUT2D eigenvalue weighted by molar-refractivity contribution is -0.131. The molecule has 0 spiro atoms. The SMILES string of the molecule is O=C1C(=C2CCC2)C[C@H]2CO[C@H](c3ccc(Br)cc3)N12. The van der Waals surface area contributed by atoms with Gasteiger partial charge >= 0.3 is 0 Å². The molecule has 3 nitrogen and oxygen atoms in total. The van der Waals surface area contributed by atoms with Crippen molar-refractivity contribution in [3.8, 4) is 0 Å². The maximum atomic E-state index is 12.7. The van der Waals surface area contributed by atoms with Gasteiger partial charge in [0.2, 0.25) is 0 Å². The van der Waals surface area contributed by atoms with Crippen molar-refractivity contribution in [1.82, 2.24) is 4.90 Å². The Hall–Kier alpha value is -1.13. The summed E-state index contributed by atoms with van der Waals surface area (Å²) in [5.41, 5.74) is 3.52. The number of hydrogen-bond donors (Lipinski definition) is 0. The first-order valence-electron chi connectivity index (χ1n) is 7.14. The number of rotatable bonds is 1. The molecule has 0 radical (unpaired) electrons. The monoisotopic (exact) mass is 333 g/mol. The third kappa shape index (κ3) is 1.85. The summed E-state index contributed by atoms with van der Waals surface area (Å²) in [6.07, 6.45) is 4.14. The lowest BCUT2D eigenvalue weighted by Crippen LogP contribution is -2.31. The van der Waals surface area contributed by atoms with Crippen LogP contribution in [0.3, 0.4) is 0 Å². The smallest absolute Gasteiger partial charge is 0.252 e. The summed E-state index contributed by atoms with van der Waals surface area (Å²) in [5, 5.41) is 0. The quantitative estimate of drug-likeness (QED) is 0.735. The van der Waals surface area contributed by atoms with Gasteiger partial charge in [-0.1, -0.05) is 33.6 Å². The molecule has 3 fully saturated rings. The largest absolute Gasteiger partial charge is 0.352 e. The molecule has 2 saturated heterocycles. The van der Waals surface area contributed by atoms with Crippen molar-refractivity contribution < 1.29 is 9.53 Å². The fourth-order valence-corrected chi connectivity index (χ4v) is 3.56. The minimum absolute atomic E-state index is 0.204. The standard InChI is InChI=1S/C16H16BrNO2/c17-12-6-4-11(5-7-12)16-18-13(9-20-16)8-14(15(18)19)10-2-1-3-10/h4-7,13,16H,1-3,8-9H2/t13-,16+/m0/s1. The number of fused-ring (bicyclic) bond motifs is 1. The average molecular weight is 334 g/mol. The van der Waals surface area contributed by atoms with Gasteiger partial charge in [0.05, 0.1) is 12.6 Å². The molecule has 0 bridgehead atoms. The molecule has 3 aliphatic rings. The second kappa shape index (κ2) is 4.71. The summed E-state index contributed by atoms with van der Waals surface area (Å²) in [6, 6.07) is 8.28. The maximum Gasteiger partial charge on any atom is 0.252 e. The number of amides is 1. The van der Waals surface area contributed by atoms with Crippen LogP contribution in [0.4, 0.5) is 0 Å². The van der Waals surface area contributed by atoms with Crippen molar-refractivity contribution in [2.45, 2.75) is 38.0 Å². The molecule has 20 heavy (non-hydrogen) atoms. The van der Waals surface area contributed by atoms with Crippen LogP contribution in [0.25, 0.3) is 0 Å². The number of ether oxygens (including phenoxy) is 1. The molecular weight excluding hydrogens is 318 g/mol. The topological polar surface area (TPSA) is 29.5 Å². The first-order valence-corrected chi connectivity index (χ1v) is 7.94. The minimum atomic E-state index is -0.209. The van der Waals surface area contributed by atoms with E-state index in [-0.39, 0.29) is 18.2 Å². The first kappa shape index (κ1) is 12.6. The Bertz CT molecular complexity index is 587. The van der Waals surface area contributed by atoms with Gasteiger partial charge in [-0.3, -0.25) is 4.79 Å². The molecule has 104 valence electrons. The normalized spacial score (nSPS) is 28.9. The highest BCUT2D eigenvalue weighted by Crippen LogP contribution is 2.43. The van der Waals surface area contributed by atoms with Crippen LogP contribution in [0.5, 0.6) is 0 Å². The molecule has 2 aliphatic heterocycles. The maximum absolute atomic E-state index is 12.7. The second-order valence-corrected chi connectivity index (χ2v) is 6.66. The van der Waals surface area contributed by atoms with Crippen LogP contribution in [0, 0.1) is 0 Å².